The number of pyridine rings is 1. The van der Waals surface area contributed by atoms with Crippen molar-refractivity contribution in [2.24, 2.45) is 0 Å². The van der Waals surface area contributed by atoms with Crippen LogP contribution in [0.4, 0.5) is 5.69 Å². The maximum Gasteiger partial charge on any atom is 0.245 e. The molecule has 5 heteroatoms. The molecule has 0 unspecified atom stereocenters. The third kappa shape index (κ3) is 2.09. The van der Waals surface area contributed by atoms with Gasteiger partial charge in [0.2, 0.25) is 5.91 Å². The molecular weight excluding hydrogens is 316 g/mol. The predicted molar refractivity (Wildman–Crippen MR) is 93.7 cm³/mol. The maximum absolute atomic E-state index is 13.2. The van der Waals surface area contributed by atoms with Crippen LogP contribution in [0.2, 0.25) is 0 Å². The number of benzene rings is 2. The van der Waals surface area contributed by atoms with Gasteiger partial charge in [-0.3, -0.25) is 9.78 Å². The second-order valence-corrected chi connectivity index (χ2v) is 6.15. The summed E-state index contributed by atoms with van der Waals surface area (Å²) in [5.74, 6) is 0.0431. The molecule has 0 fully saturated rings. The molecule has 3 N–H and O–H groups in total. The number of nitrogens with zero attached hydrogens (tertiary/aromatic N) is 1. The van der Waals surface area contributed by atoms with Crippen LogP contribution in [0.5, 0.6) is 11.5 Å². The number of carbonyl (C=O) groups excluding carboxylic acids is 1. The minimum Gasteiger partial charge on any atom is -0.508 e. The van der Waals surface area contributed by atoms with Crippen LogP contribution in [-0.4, -0.2) is 21.1 Å². The lowest BCUT2D eigenvalue weighted by Crippen LogP contribution is -2.37. The second-order valence-electron chi connectivity index (χ2n) is 6.15. The fourth-order valence-electron chi connectivity index (χ4n) is 3.44. The molecule has 2 aromatic carbocycles. The van der Waals surface area contributed by atoms with Crippen LogP contribution >= 0.6 is 0 Å². The van der Waals surface area contributed by atoms with Crippen LogP contribution in [0.3, 0.4) is 0 Å². The van der Waals surface area contributed by atoms with Gasteiger partial charge < -0.3 is 15.5 Å². The number of aromatic hydroxyl groups is 2. The first-order valence-corrected chi connectivity index (χ1v) is 7.90. The van der Waals surface area contributed by atoms with E-state index in [1.807, 2.05) is 13.0 Å². The Bertz CT molecular complexity index is 918. The topological polar surface area (TPSA) is 82.5 Å². The molecule has 0 atom stereocenters. The molecule has 1 amide bonds. The van der Waals surface area contributed by atoms with Crippen molar-refractivity contribution in [3.05, 3.63) is 83.2 Å². The first-order valence-electron chi connectivity index (χ1n) is 7.90. The fourth-order valence-corrected chi connectivity index (χ4v) is 3.44. The van der Waals surface area contributed by atoms with Crippen molar-refractivity contribution < 1.29 is 15.0 Å². The van der Waals surface area contributed by atoms with E-state index in [0.717, 1.165) is 5.56 Å². The van der Waals surface area contributed by atoms with E-state index in [2.05, 4.69) is 10.3 Å². The average molecular weight is 332 g/mol. The molecule has 0 spiro atoms. The predicted octanol–water partition coefficient (Wildman–Crippen LogP) is 3.09. The van der Waals surface area contributed by atoms with E-state index in [9.17, 15) is 15.0 Å². The number of hydrogen-bond donors (Lipinski definition) is 3. The third-order valence-electron chi connectivity index (χ3n) is 4.69. The summed E-state index contributed by atoms with van der Waals surface area (Å²) < 4.78 is 0. The van der Waals surface area contributed by atoms with E-state index < -0.39 is 5.41 Å². The van der Waals surface area contributed by atoms with Gasteiger partial charge in [-0.25, -0.2) is 0 Å². The van der Waals surface area contributed by atoms with E-state index in [4.69, 9.17) is 0 Å². The molecule has 5 nitrogen and oxygen atoms in total. The summed E-state index contributed by atoms with van der Waals surface area (Å²) in [6.45, 7) is 1.92. The first-order chi connectivity index (χ1) is 12.0. The molecule has 0 bridgehead atoms. The van der Waals surface area contributed by atoms with E-state index >= 15 is 0 Å². The Labute approximate surface area is 144 Å². The second kappa shape index (κ2) is 5.34. The lowest BCUT2D eigenvalue weighted by atomic mass is 9.72. The number of phenols is 2. The Morgan fingerprint density at radius 1 is 0.880 bits per heavy atom. The zero-order chi connectivity index (χ0) is 17.6. The molecule has 2 heterocycles. The molecule has 0 saturated heterocycles. The van der Waals surface area contributed by atoms with E-state index in [1.54, 1.807) is 54.7 Å². The number of rotatable bonds is 2. The van der Waals surface area contributed by atoms with Crippen molar-refractivity contribution in [2.75, 3.05) is 5.32 Å². The summed E-state index contributed by atoms with van der Waals surface area (Å²) in [6.07, 6.45) is 1.68. The lowest BCUT2D eigenvalue weighted by Gasteiger charge is -2.28. The van der Waals surface area contributed by atoms with Gasteiger partial charge in [-0.2, -0.15) is 0 Å². The third-order valence-corrected chi connectivity index (χ3v) is 4.69. The van der Waals surface area contributed by atoms with Crippen molar-refractivity contribution >= 4 is 11.6 Å². The summed E-state index contributed by atoms with van der Waals surface area (Å²) in [6, 6.07) is 15.0. The number of hydrogen-bond acceptors (Lipinski definition) is 4. The van der Waals surface area contributed by atoms with Crippen LogP contribution < -0.4 is 5.32 Å². The highest BCUT2D eigenvalue weighted by Gasteiger charge is 2.51. The van der Waals surface area contributed by atoms with Crippen LogP contribution in [0.15, 0.2) is 60.8 Å². The highest BCUT2D eigenvalue weighted by Crippen LogP contribution is 2.47. The Kier molecular flexibility index (Phi) is 3.25. The highest BCUT2D eigenvalue weighted by molar-refractivity contribution is 6.11. The number of carbonyl (C=O) groups is 1. The van der Waals surface area contributed by atoms with Crippen LogP contribution in [0.25, 0.3) is 0 Å². The minimum atomic E-state index is -1.14. The van der Waals surface area contributed by atoms with Gasteiger partial charge in [-0.05, 0) is 53.9 Å². The van der Waals surface area contributed by atoms with Crippen molar-refractivity contribution in [3.8, 4) is 11.5 Å². The SMILES string of the molecule is Cc1ccnc2c1NC(=O)C2(c1ccc(O)cc1)c1ccc(O)cc1. The summed E-state index contributed by atoms with van der Waals surface area (Å²) in [5, 5.41) is 22.2. The quantitative estimate of drug-likeness (QED) is 0.673. The molecule has 4 rings (SSSR count). The van der Waals surface area contributed by atoms with Crippen molar-refractivity contribution in [3.63, 3.8) is 0 Å². The van der Waals surface area contributed by atoms with Crippen molar-refractivity contribution in [2.45, 2.75) is 12.3 Å². The number of amides is 1. The zero-order valence-electron chi connectivity index (χ0n) is 13.5. The van der Waals surface area contributed by atoms with Gasteiger partial charge in [-0.1, -0.05) is 24.3 Å². The Balaban J connectivity index is 2.08. The summed E-state index contributed by atoms with van der Waals surface area (Å²) >= 11 is 0. The Morgan fingerprint density at radius 3 is 1.92 bits per heavy atom. The Morgan fingerprint density at radius 2 is 1.40 bits per heavy atom. The molecule has 1 aliphatic rings. The molecule has 25 heavy (non-hydrogen) atoms. The summed E-state index contributed by atoms with van der Waals surface area (Å²) in [4.78, 5) is 17.7. The molecule has 0 saturated carbocycles. The summed E-state index contributed by atoms with van der Waals surface area (Å²) in [7, 11) is 0. The van der Waals surface area contributed by atoms with Crippen molar-refractivity contribution in [1.29, 1.82) is 0 Å². The van der Waals surface area contributed by atoms with Gasteiger partial charge in [0, 0.05) is 6.20 Å². The van der Waals surface area contributed by atoms with Crippen molar-refractivity contribution in [1.82, 2.24) is 4.98 Å². The number of nitrogens with one attached hydrogen (secondary N) is 1. The van der Waals surface area contributed by atoms with Gasteiger partial charge >= 0.3 is 0 Å². The van der Waals surface area contributed by atoms with Gasteiger partial charge in [0.15, 0.2) is 0 Å². The molecule has 0 radical (unpaired) electrons. The lowest BCUT2D eigenvalue weighted by molar-refractivity contribution is -0.118. The smallest absolute Gasteiger partial charge is 0.245 e. The largest absolute Gasteiger partial charge is 0.508 e. The molecular formula is C20H16N2O3. The zero-order valence-corrected chi connectivity index (χ0v) is 13.5. The van der Waals surface area contributed by atoms with Gasteiger partial charge in [0.05, 0.1) is 11.4 Å². The number of aryl methyl sites for hydroxylation is 1. The number of anilines is 1. The number of aromatic nitrogens is 1. The summed E-state index contributed by atoms with van der Waals surface area (Å²) in [5.41, 5.74) is 2.51. The average Bonchev–Trinajstić information content (AvgIpc) is 2.91. The monoisotopic (exact) mass is 332 g/mol. The van der Waals surface area contributed by atoms with Crippen LogP contribution in [0.1, 0.15) is 22.4 Å². The minimum absolute atomic E-state index is 0.125. The first kappa shape index (κ1) is 15.2. The van der Waals surface area contributed by atoms with Gasteiger partial charge in [0.25, 0.3) is 0 Å². The van der Waals surface area contributed by atoms with Gasteiger partial charge in [0.1, 0.15) is 16.9 Å². The molecule has 3 aromatic rings. The number of phenolic OH excluding ortho intramolecular Hbond substituents is 2. The Hall–Kier alpha value is -3.34. The molecule has 1 aromatic heterocycles. The van der Waals surface area contributed by atoms with Crippen LogP contribution in [-0.2, 0) is 10.2 Å². The highest BCUT2D eigenvalue weighted by atomic mass is 16.3. The maximum atomic E-state index is 13.2. The van der Waals surface area contributed by atoms with E-state index in [0.29, 0.717) is 22.5 Å². The number of fused-ring (bicyclic) bond motifs is 1. The standard InChI is InChI=1S/C20H16N2O3/c1-12-10-11-21-18-17(12)22-19(25)20(18,13-2-6-15(23)7-3-13)14-4-8-16(24)9-5-14/h2-11,23-24H,1H3,(H,22,25). The molecule has 0 aliphatic carbocycles. The van der Waals surface area contributed by atoms with E-state index in [-0.39, 0.29) is 17.4 Å². The van der Waals surface area contributed by atoms with E-state index in [1.165, 1.54) is 0 Å². The fraction of sp³-hybridized carbons (Fsp3) is 0.100. The normalized spacial score (nSPS) is 14.8. The molecule has 1 aliphatic heterocycles. The van der Waals surface area contributed by atoms with Crippen LogP contribution in [0, 0.1) is 6.92 Å². The molecule has 124 valence electrons. The van der Waals surface area contributed by atoms with Gasteiger partial charge in [-0.15, -0.1) is 0 Å².